The minimum atomic E-state index is -2.76. The Labute approximate surface area is 168 Å². The maximum Gasteiger partial charge on any atom is 0.264 e. The van der Waals surface area contributed by atoms with Crippen molar-refractivity contribution < 1.29 is 13.6 Å². The molecule has 0 aliphatic rings. The van der Waals surface area contributed by atoms with Crippen LogP contribution in [0.25, 0.3) is 21.5 Å². The van der Waals surface area contributed by atoms with E-state index >= 15 is 0 Å². The first-order valence-electron chi connectivity index (χ1n) is 8.63. The van der Waals surface area contributed by atoms with Gasteiger partial charge in [0.1, 0.15) is 9.71 Å². The summed E-state index contributed by atoms with van der Waals surface area (Å²) < 4.78 is 27.5. The molecule has 29 heavy (non-hydrogen) atoms. The SMILES string of the molecule is Nc1c(C(=O)NCc2cccnc2)sc2nc(-c3cccnc3)cc(C(F)F)c12. The van der Waals surface area contributed by atoms with Gasteiger partial charge in [-0.05, 0) is 29.8 Å². The van der Waals surface area contributed by atoms with Crippen LogP contribution < -0.4 is 11.1 Å². The van der Waals surface area contributed by atoms with E-state index in [-0.39, 0.29) is 32.9 Å². The van der Waals surface area contributed by atoms with Crippen molar-refractivity contribution in [1.29, 1.82) is 0 Å². The minimum Gasteiger partial charge on any atom is -0.397 e. The second-order valence-electron chi connectivity index (χ2n) is 6.21. The number of amides is 1. The first kappa shape index (κ1) is 18.9. The van der Waals surface area contributed by atoms with Crippen LogP contribution in [0, 0.1) is 0 Å². The number of anilines is 1. The molecule has 0 radical (unpaired) electrons. The number of nitrogens with two attached hydrogens (primary N) is 1. The molecule has 0 spiro atoms. The molecule has 3 N–H and O–H groups in total. The first-order valence-corrected chi connectivity index (χ1v) is 9.45. The highest BCUT2D eigenvalue weighted by Gasteiger charge is 2.24. The molecule has 9 heteroatoms. The maximum atomic E-state index is 13.8. The zero-order valence-corrected chi connectivity index (χ0v) is 15.8. The summed E-state index contributed by atoms with van der Waals surface area (Å²) in [7, 11) is 0. The molecule has 4 aromatic heterocycles. The van der Waals surface area contributed by atoms with Gasteiger partial charge in [0, 0.05) is 47.8 Å². The van der Waals surface area contributed by atoms with Gasteiger partial charge in [-0.3, -0.25) is 14.8 Å². The maximum absolute atomic E-state index is 13.8. The van der Waals surface area contributed by atoms with Crippen molar-refractivity contribution in [2.45, 2.75) is 13.0 Å². The molecule has 0 atom stereocenters. The lowest BCUT2D eigenvalue weighted by molar-refractivity contribution is 0.0955. The van der Waals surface area contributed by atoms with Crippen molar-refractivity contribution in [3.63, 3.8) is 0 Å². The number of thiophene rings is 1. The second-order valence-corrected chi connectivity index (χ2v) is 7.21. The van der Waals surface area contributed by atoms with E-state index in [1.807, 2.05) is 6.07 Å². The van der Waals surface area contributed by atoms with Crippen LogP contribution in [-0.4, -0.2) is 20.9 Å². The highest BCUT2D eigenvalue weighted by Crippen LogP contribution is 2.40. The number of hydrogen-bond donors (Lipinski definition) is 2. The van der Waals surface area contributed by atoms with E-state index in [0.717, 1.165) is 16.9 Å². The Kier molecular flexibility index (Phi) is 5.13. The van der Waals surface area contributed by atoms with Gasteiger partial charge in [-0.15, -0.1) is 11.3 Å². The number of carbonyl (C=O) groups excluding carboxylic acids is 1. The third kappa shape index (κ3) is 3.77. The predicted octanol–water partition coefficient (Wildman–Crippen LogP) is 4.20. The molecule has 0 aliphatic heterocycles. The third-order valence-electron chi connectivity index (χ3n) is 4.30. The van der Waals surface area contributed by atoms with Gasteiger partial charge in [0.25, 0.3) is 12.3 Å². The largest absolute Gasteiger partial charge is 0.397 e. The van der Waals surface area contributed by atoms with Crippen molar-refractivity contribution in [2.24, 2.45) is 0 Å². The lowest BCUT2D eigenvalue weighted by Gasteiger charge is -2.07. The number of nitrogens with zero attached hydrogens (tertiary/aromatic N) is 3. The van der Waals surface area contributed by atoms with Crippen molar-refractivity contribution in [3.8, 4) is 11.3 Å². The normalized spacial score (nSPS) is 11.1. The number of hydrogen-bond acceptors (Lipinski definition) is 6. The molecule has 0 fully saturated rings. The first-order chi connectivity index (χ1) is 14.0. The third-order valence-corrected chi connectivity index (χ3v) is 5.40. The number of pyridine rings is 3. The van der Waals surface area contributed by atoms with Gasteiger partial charge in [-0.25, -0.2) is 13.8 Å². The van der Waals surface area contributed by atoms with E-state index in [9.17, 15) is 13.6 Å². The zero-order chi connectivity index (χ0) is 20.4. The zero-order valence-electron chi connectivity index (χ0n) is 15.0. The van der Waals surface area contributed by atoms with Crippen molar-refractivity contribution >= 4 is 33.1 Å². The van der Waals surface area contributed by atoms with Crippen molar-refractivity contribution in [1.82, 2.24) is 20.3 Å². The van der Waals surface area contributed by atoms with E-state index < -0.39 is 12.3 Å². The van der Waals surface area contributed by atoms with Gasteiger partial charge < -0.3 is 11.1 Å². The molecule has 0 bridgehead atoms. The van der Waals surface area contributed by atoms with Crippen molar-refractivity contribution in [3.05, 3.63) is 71.1 Å². The second kappa shape index (κ2) is 7.88. The fraction of sp³-hybridized carbons (Fsp3) is 0.100. The van der Waals surface area contributed by atoms with E-state index in [0.29, 0.717) is 11.3 Å². The number of carbonyl (C=O) groups is 1. The molecule has 4 rings (SSSR count). The Morgan fingerprint density at radius 3 is 2.59 bits per heavy atom. The Hall–Kier alpha value is -3.46. The topological polar surface area (TPSA) is 93.8 Å². The van der Waals surface area contributed by atoms with Crippen LogP contribution in [0.15, 0.2) is 55.1 Å². The molecule has 146 valence electrons. The summed E-state index contributed by atoms with van der Waals surface area (Å²) in [6.07, 6.45) is 3.63. The molecule has 4 aromatic rings. The average molecular weight is 411 g/mol. The number of nitrogens with one attached hydrogen (secondary N) is 1. The van der Waals surface area contributed by atoms with Crippen LogP contribution in [0.2, 0.25) is 0 Å². The molecule has 0 unspecified atom stereocenters. The smallest absolute Gasteiger partial charge is 0.264 e. The van der Waals surface area contributed by atoms with E-state index in [4.69, 9.17) is 5.73 Å². The Bertz CT molecular complexity index is 1170. The van der Waals surface area contributed by atoms with Gasteiger partial charge in [-0.2, -0.15) is 0 Å². The Balaban J connectivity index is 1.73. The molecule has 0 saturated heterocycles. The number of aromatic nitrogens is 3. The highest BCUT2D eigenvalue weighted by molar-refractivity contribution is 7.21. The van der Waals surface area contributed by atoms with Crippen LogP contribution in [0.1, 0.15) is 27.2 Å². The fourth-order valence-corrected chi connectivity index (χ4v) is 3.96. The van der Waals surface area contributed by atoms with Gasteiger partial charge in [0.2, 0.25) is 0 Å². The van der Waals surface area contributed by atoms with Gasteiger partial charge >= 0.3 is 0 Å². The van der Waals surface area contributed by atoms with E-state index in [2.05, 4.69) is 20.3 Å². The molecule has 1 amide bonds. The van der Waals surface area contributed by atoms with Crippen LogP contribution in [-0.2, 0) is 6.54 Å². The molecule has 0 aromatic carbocycles. The summed E-state index contributed by atoms with van der Waals surface area (Å²) in [5.74, 6) is -0.447. The summed E-state index contributed by atoms with van der Waals surface area (Å²) >= 11 is 0.990. The van der Waals surface area contributed by atoms with Gasteiger partial charge in [-0.1, -0.05) is 6.07 Å². The summed E-state index contributed by atoms with van der Waals surface area (Å²) in [6.45, 7) is 0.246. The molecule has 6 nitrogen and oxygen atoms in total. The average Bonchev–Trinajstić information content (AvgIpc) is 3.09. The number of fused-ring (bicyclic) bond motifs is 1. The number of nitrogen functional groups attached to an aromatic ring is 1. The van der Waals surface area contributed by atoms with E-state index in [1.54, 1.807) is 43.0 Å². The Morgan fingerprint density at radius 2 is 1.93 bits per heavy atom. The molecule has 0 aliphatic carbocycles. The van der Waals surface area contributed by atoms with Gasteiger partial charge in [0.15, 0.2) is 0 Å². The lowest BCUT2D eigenvalue weighted by Crippen LogP contribution is -2.22. The van der Waals surface area contributed by atoms with Crippen LogP contribution in [0.4, 0.5) is 14.5 Å². The molecular formula is C20H15F2N5OS. The molecular weight excluding hydrogens is 396 g/mol. The van der Waals surface area contributed by atoms with Crippen molar-refractivity contribution in [2.75, 3.05) is 5.73 Å². The lowest BCUT2D eigenvalue weighted by atomic mass is 10.1. The fourth-order valence-electron chi connectivity index (χ4n) is 2.92. The minimum absolute atomic E-state index is 0.00854. The summed E-state index contributed by atoms with van der Waals surface area (Å²) in [5, 5.41) is 2.85. The monoisotopic (exact) mass is 411 g/mol. The molecule has 4 heterocycles. The summed E-state index contributed by atoms with van der Waals surface area (Å²) in [4.78, 5) is 25.5. The van der Waals surface area contributed by atoms with Crippen LogP contribution >= 0.6 is 11.3 Å². The number of halogens is 2. The van der Waals surface area contributed by atoms with E-state index in [1.165, 1.54) is 6.07 Å². The highest BCUT2D eigenvalue weighted by atomic mass is 32.1. The van der Waals surface area contributed by atoms with Gasteiger partial charge in [0.05, 0.1) is 11.4 Å². The quantitative estimate of drug-likeness (QED) is 0.513. The Morgan fingerprint density at radius 1 is 1.17 bits per heavy atom. The standard InChI is InChI=1S/C20H15F2N5OS/c21-18(22)13-7-14(12-4-2-6-25-10-12)27-20-15(13)16(23)17(29-20)19(28)26-9-11-3-1-5-24-8-11/h1-8,10,18H,9,23H2,(H,26,28). The summed E-state index contributed by atoms with van der Waals surface area (Å²) in [6, 6.07) is 8.30. The van der Waals surface area contributed by atoms with Crippen LogP contribution in [0.5, 0.6) is 0 Å². The predicted molar refractivity (Wildman–Crippen MR) is 108 cm³/mol. The van der Waals surface area contributed by atoms with Crippen LogP contribution in [0.3, 0.4) is 0 Å². The molecule has 0 saturated carbocycles. The number of alkyl halides is 2. The number of rotatable bonds is 5. The summed E-state index contributed by atoms with van der Waals surface area (Å²) in [5.41, 5.74) is 7.61.